The van der Waals surface area contributed by atoms with Crippen LogP contribution >= 0.6 is 0 Å². The van der Waals surface area contributed by atoms with Gasteiger partial charge in [-0.3, -0.25) is 9.59 Å². The Hall–Kier alpha value is -1.10. The second-order valence-corrected chi connectivity index (χ2v) is 5.56. The molecule has 1 aliphatic heterocycles. The Labute approximate surface area is 108 Å². The lowest BCUT2D eigenvalue weighted by atomic mass is 9.73. The number of rotatable bonds is 3. The van der Waals surface area contributed by atoms with Crippen LogP contribution in [0.4, 0.5) is 0 Å². The van der Waals surface area contributed by atoms with Crippen LogP contribution in [-0.4, -0.2) is 30.9 Å². The third-order valence-corrected chi connectivity index (χ3v) is 4.28. The summed E-state index contributed by atoms with van der Waals surface area (Å²) in [5.41, 5.74) is 5.47. The Morgan fingerprint density at radius 3 is 2.67 bits per heavy atom. The molecule has 1 unspecified atom stereocenters. The first-order valence-corrected chi connectivity index (χ1v) is 6.94. The van der Waals surface area contributed by atoms with E-state index in [1.807, 2.05) is 0 Å². The number of nitrogens with two attached hydrogens (primary N) is 1. The van der Waals surface area contributed by atoms with Crippen molar-refractivity contribution in [3.63, 3.8) is 0 Å². The third kappa shape index (κ3) is 2.83. The normalized spacial score (nSPS) is 27.4. The summed E-state index contributed by atoms with van der Waals surface area (Å²) in [6, 6.07) is 0.0700. The van der Waals surface area contributed by atoms with Crippen LogP contribution in [0.1, 0.15) is 44.9 Å². The molecule has 102 valence electrons. The molecule has 0 aromatic carbocycles. The fourth-order valence-electron chi connectivity index (χ4n) is 2.95. The summed E-state index contributed by atoms with van der Waals surface area (Å²) in [4.78, 5) is 23.5. The van der Waals surface area contributed by atoms with Crippen molar-refractivity contribution in [3.05, 3.63) is 0 Å². The minimum Gasteiger partial charge on any atom is -0.354 e. The highest BCUT2D eigenvalue weighted by Crippen LogP contribution is 2.35. The van der Waals surface area contributed by atoms with Gasteiger partial charge in [-0.15, -0.1) is 0 Å². The fourth-order valence-corrected chi connectivity index (χ4v) is 2.95. The van der Waals surface area contributed by atoms with E-state index < -0.39 is 0 Å². The monoisotopic (exact) mass is 253 g/mol. The maximum Gasteiger partial charge on any atom is 0.227 e. The molecule has 1 heterocycles. The van der Waals surface area contributed by atoms with Gasteiger partial charge >= 0.3 is 0 Å². The molecule has 0 spiro atoms. The van der Waals surface area contributed by atoms with Crippen molar-refractivity contribution in [1.82, 2.24) is 10.6 Å². The molecule has 2 amide bonds. The Morgan fingerprint density at radius 2 is 2.11 bits per heavy atom. The molecule has 0 aromatic rings. The van der Waals surface area contributed by atoms with Crippen LogP contribution in [0.3, 0.4) is 0 Å². The zero-order chi connectivity index (χ0) is 13.0. The summed E-state index contributed by atoms with van der Waals surface area (Å²) in [5.74, 6) is 0.164. The van der Waals surface area contributed by atoms with E-state index in [4.69, 9.17) is 5.73 Å². The van der Waals surface area contributed by atoms with E-state index in [1.165, 1.54) is 6.42 Å². The Balaban J connectivity index is 1.91. The van der Waals surface area contributed by atoms with Gasteiger partial charge in [-0.25, -0.2) is 0 Å². The fraction of sp³-hybridized carbons (Fsp3) is 0.846. The number of carbonyl (C=O) groups is 2. The molecule has 18 heavy (non-hydrogen) atoms. The number of hydrogen-bond donors (Lipinski definition) is 3. The molecule has 1 atom stereocenters. The van der Waals surface area contributed by atoms with Crippen molar-refractivity contribution in [2.45, 2.75) is 51.0 Å². The first kappa shape index (κ1) is 13.3. The van der Waals surface area contributed by atoms with Crippen LogP contribution in [0.15, 0.2) is 0 Å². The summed E-state index contributed by atoms with van der Waals surface area (Å²) in [6.07, 6.45) is 6.41. The highest BCUT2D eigenvalue weighted by molar-refractivity contribution is 5.84. The highest BCUT2D eigenvalue weighted by atomic mass is 16.2. The SMILES string of the molecule is NCC1(C(=O)NC2CCC(=O)NC2)CCCCC1. The number of piperidine rings is 1. The second-order valence-electron chi connectivity index (χ2n) is 5.56. The van der Waals surface area contributed by atoms with Gasteiger partial charge in [-0.2, -0.15) is 0 Å². The maximum atomic E-state index is 12.4. The van der Waals surface area contributed by atoms with E-state index >= 15 is 0 Å². The lowest BCUT2D eigenvalue weighted by Crippen LogP contribution is -2.54. The molecule has 2 rings (SSSR count). The van der Waals surface area contributed by atoms with Gasteiger partial charge < -0.3 is 16.4 Å². The molecular formula is C13H23N3O2. The van der Waals surface area contributed by atoms with Crippen molar-refractivity contribution in [2.75, 3.05) is 13.1 Å². The average molecular weight is 253 g/mol. The molecule has 1 saturated carbocycles. The molecule has 1 saturated heterocycles. The van der Waals surface area contributed by atoms with Crippen molar-refractivity contribution in [3.8, 4) is 0 Å². The predicted molar refractivity (Wildman–Crippen MR) is 68.7 cm³/mol. The topological polar surface area (TPSA) is 84.2 Å². The van der Waals surface area contributed by atoms with Crippen molar-refractivity contribution < 1.29 is 9.59 Å². The number of nitrogens with one attached hydrogen (secondary N) is 2. The Kier molecular flexibility index (Phi) is 4.22. The molecule has 0 radical (unpaired) electrons. The smallest absolute Gasteiger partial charge is 0.227 e. The lowest BCUT2D eigenvalue weighted by Gasteiger charge is -2.36. The molecule has 4 N–H and O–H groups in total. The summed E-state index contributed by atoms with van der Waals surface area (Å²) >= 11 is 0. The third-order valence-electron chi connectivity index (χ3n) is 4.28. The molecule has 0 aromatic heterocycles. The zero-order valence-electron chi connectivity index (χ0n) is 10.8. The molecule has 0 bridgehead atoms. The van der Waals surface area contributed by atoms with Gasteiger partial charge in [0.05, 0.1) is 5.41 Å². The summed E-state index contributed by atoms with van der Waals surface area (Å²) in [5, 5.41) is 5.85. The van der Waals surface area contributed by atoms with Crippen LogP contribution in [-0.2, 0) is 9.59 Å². The number of amides is 2. The zero-order valence-corrected chi connectivity index (χ0v) is 10.8. The van der Waals surface area contributed by atoms with Crippen LogP contribution in [0.2, 0.25) is 0 Å². The molecule has 2 fully saturated rings. The quantitative estimate of drug-likeness (QED) is 0.676. The first-order valence-electron chi connectivity index (χ1n) is 6.94. The first-order chi connectivity index (χ1) is 8.66. The van der Waals surface area contributed by atoms with Crippen LogP contribution in [0.25, 0.3) is 0 Å². The van der Waals surface area contributed by atoms with E-state index in [1.54, 1.807) is 0 Å². The summed E-state index contributed by atoms with van der Waals surface area (Å²) < 4.78 is 0. The van der Waals surface area contributed by atoms with E-state index in [9.17, 15) is 9.59 Å². The van der Waals surface area contributed by atoms with Gasteiger partial charge in [-0.1, -0.05) is 19.3 Å². The molecule has 1 aliphatic carbocycles. The van der Waals surface area contributed by atoms with Crippen LogP contribution in [0, 0.1) is 5.41 Å². The van der Waals surface area contributed by atoms with E-state index in [2.05, 4.69) is 10.6 Å². The lowest BCUT2D eigenvalue weighted by molar-refractivity contribution is -0.134. The molecule has 2 aliphatic rings. The summed E-state index contributed by atoms with van der Waals surface area (Å²) in [7, 11) is 0. The largest absolute Gasteiger partial charge is 0.354 e. The highest BCUT2D eigenvalue weighted by Gasteiger charge is 2.39. The standard InChI is InChI=1S/C13H23N3O2/c14-9-13(6-2-1-3-7-13)12(18)16-10-4-5-11(17)15-8-10/h10H,1-9,14H2,(H,15,17)(H,16,18). The van der Waals surface area contributed by atoms with Crippen LogP contribution < -0.4 is 16.4 Å². The van der Waals surface area contributed by atoms with Gasteiger partial charge in [0.25, 0.3) is 0 Å². The second kappa shape index (κ2) is 5.69. The van der Waals surface area contributed by atoms with Crippen molar-refractivity contribution in [2.24, 2.45) is 11.1 Å². The predicted octanol–water partition coefficient (Wildman–Crippen LogP) is 0.290. The van der Waals surface area contributed by atoms with Crippen LogP contribution in [0.5, 0.6) is 0 Å². The van der Waals surface area contributed by atoms with E-state index in [-0.39, 0.29) is 23.3 Å². The van der Waals surface area contributed by atoms with Crippen molar-refractivity contribution in [1.29, 1.82) is 0 Å². The van der Waals surface area contributed by atoms with Gasteiger partial charge in [0.15, 0.2) is 0 Å². The maximum absolute atomic E-state index is 12.4. The number of carbonyl (C=O) groups excluding carboxylic acids is 2. The van der Waals surface area contributed by atoms with Gasteiger partial charge in [0.2, 0.25) is 11.8 Å². The van der Waals surface area contributed by atoms with Gasteiger partial charge in [-0.05, 0) is 19.3 Å². The van der Waals surface area contributed by atoms with E-state index in [0.29, 0.717) is 19.5 Å². The molecular weight excluding hydrogens is 230 g/mol. The minimum atomic E-state index is -0.361. The average Bonchev–Trinajstić information content (AvgIpc) is 2.42. The van der Waals surface area contributed by atoms with Crippen molar-refractivity contribution >= 4 is 11.8 Å². The summed E-state index contributed by atoms with van der Waals surface area (Å²) in [6.45, 7) is 0.975. The Bertz CT molecular complexity index is 314. The molecule has 5 heteroatoms. The van der Waals surface area contributed by atoms with E-state index in [0.717, 1.165) is 32.1 Å². The Morgan fingerprint density at radius 1 is 1.39 bits per heavy atom. The molecule has 5 nitrogen and oxygen atoms in total. The van der Waals surface area contributed by atoms with Gasteiger partial charge in [0.1, 0.15) is 0 Å². The minimum absolute atomic E-state index is 0.0700. The number of hydrogen-bond acceptors (Lipinski definition) is 3. The van der Waals surface area contributed by atoms with Gasteiger partial charge in [0, 0.05) is 25.6 Å².